The van der Waals surface area contributed by atoms with E-state index < -0.39 is 5.97 Å². The van der Waals surface area contributed by atoms with E-state index in [0.717, 1.165) is 117 Å². The molecule has 1 amide bonds. The standard InChI is InChI=1S/C36H39N7O4/c1-24(44)42-18-13-33-31(23-42)35(40-43(33)28-14-19-47-20-15-28)29-8-4-6-26-21-27(37-22-30(26)29)7-3-2-5-25-11-16-41(17-12-25)34-10-9-32(36(45)46)38-39-34/h4,6,8-10,21-22,25,28H,2,5,11-20,23H2,1H3,(H,45,46). The lowest BCUT2D eigenvalue weighted by Gasteiger charge is -2.32. The highest BCUT2D eigenvalue weighted by molar-refractivity contribution is 5.96. The van der Waals surface area contributed by atoms with E-state index in [1.165, 1.54) is 11.8 Å². The highest BCUT2D eigenvalue weighted by Gasteiger charge is 2.30. The minimum atomic E-state index is -1.07. The van der Waals surface area contributed by atoms with Crippen LogP contribution in [0.2, 0.25) is 0 Å². The zero-order valence-electron chi connectivity index (χ0n) is 26.7. The molecule has 3 aliphatic heterocycles. The summed E-state index contributed by atoms with van der Waals surface area (Å²) in [5, 5.41) is 24.3. The molecule has 1 N–H and O–H groups in total. The Morgan fingerprint density at radius 3 is 2.62 bits per heavy atom. The molecule has 0 unspecified atom stereocenters. The predicted octanol–water partition coefficient (Wildman–Crippen LogP) is 4.89. The summed E-state index contributed by atoms with van der Waals surface area (Å²) in [6.45, 7) is 6.17. The van der Waals surface area contributed by atoms with Gasteiger partial charge in [-0.2, -0.15) is 5.10 Å². The van der Waals surface area contributed by atoms with E-state index in [0.29, 0.717) is 18.5 Å². The Hall–Kier alpha value is -4.82. The summed E-state index contributed by atoms with van der Waals surface area (Å²) in [5.41, 5.74) is 5.08. The second kappa shape index (κ2) is 13.5. The van der Waals surface area contributed by atoms with E-state index in [1.807, 2.05) is 11.1 Å². The second-order valence-corrected chi connectivity index (χ2v) is 12.7. The summed E-state index contributed by atoms with van der Waals surface area (Å²) in [5.74, 6) is 6.97. The van der Waals surface area contributed by atoms with Crippen LogP contribution in [0.1, 0.15) is 78.9 Å². The number of carbonyl (C=O) groups excluding carboxylic acids is 1. The fourth-order valence-electron chi connectivity index (χ4n) is 7.10. The average molecular weight is 634 g/mol. The Kier molecular flexibility index (Phi) is 8.85. The number of aromatic carboxylic acids is 1. The van der Waals surface area contributed by atoms with Gasteiger partial charge in [0.2, 0.25) is 5.91 Å². The molecule has 2 saturated heterocycles. The van der Waals surface area contributed by atoms with E-state index in [1.54, 1.807) is 13.0 Å². The lowest BCUT2D eigenvalue weighted by atomic mass is 9.92. The minimum absolute atomic E-state index is 0.0397. The Labute approximate surface area is 273 Å². The van der Waals surface area contributed by atoms with Gasteiger partial charge in [0.15, 0.2) is 11.5 Å². The third-order valence-electron chi connectivity index (χ3n) is 9.79. The number of carbonyl (C=O) groups is 2. The molecule has 7 rings (SSSR count). The van der Waals surface area contributed by atoms with Gasteiger partial charge < -0.3 is 19.6 Å². The topological polar surface area (TPSA) is 127 Å². The van der Waals surface area contributed by atoms with Crippen LogP contribution >= 0.6 is 0 Å². The van der Waals surface area contributed by atoms with E-state index in [2.05, 4.69) is 55.9 Å². The molecule has 11 nitrogen and oxygen atoms in total. The number of amides is 1. The molecule has 0 aliphatic carbocycles. The Balaban J connectivity index is 1.03. The lowest BCUT2D eigenvalue weighted by molar-refractivity contribution is -0.129. The largest absolute Gasteiger partial charge is 0.476 e. The van der Waals surface area contributed by atoms with Gasteiger partial charge in [0, 0.05) is 87.6 Å². The third kappa shape index (κ3) is 6.56. The van der Waals surface area contributed by atoms with Gasteiger partial charge >= 0.3 is 5.97 Å². The normalized spacial score (nSPS) is 17.3. The molecule has 47 heavy (non-hydrogen) atoms. The van der Waals surface area contributed by atoms with Crippen molar-refractivity contribution >= 4 is 28.5 Å². The number of fused-ring (bicyclic) bond motifs is 2. The first-order chi connectivity index (χ1) is 22.9. The molecule has 6 heterocycles. The zero-order chi connectivity index (χ0) is 32.3. The Morgan fingerprint density at radius 2 is 1.87 bits per heavy atom. The SMILES string of the molecule is CC(=O)N1CCc2c(c(-c3cccc4cc(C#CCCC5CCN(c6ccc(C(=O)O)nn6)CC5)ncc34)nn2C2CCOCC2)C1. The Morgan fingerprint density at radius 1 is 1.04 bits per heavy atom. The molecule has 3 aromatic heterocycles. The van der Waals surface area contributed by atoms with Gasteiger partial charge in [0.1, 0.15) is 5.69 Å². The van der Waals surface area contributed by atoms with Crippen molar-refractivity contribution in [1.29, 1.82) is 0 Å². The van der Waals surface area contributed by atoms with Gasteiger partial charge in [-0.05, 0) is 67.5 Å². The molecule has 4 aromatic rings. The number of pyridine rings is 1. The number of aromatic nitrogens is 5. The minimum Gasteiger partial charge on any atom is -0.476 e. The maximum absolute atomic E-state index is 12.3. The number of nitrogens with zero attached hydrogens (tertiary/aromatic N) is 7. The van der Waals surface area contributed by atoms with Gasteiger partial charge in [0.05, 0.1) is 11.7 Å². The molecule has 0 spiro atoms. The van der Waals surface area contributed by atoms with Crippen LogP contribution in [0.4, 0.5) is 5.82 Å². The van der Waals surface area contributed by atoms with Crippen molar-refractivity contribution in [3.05, 3.63) is 65.2 Å². The summed E-state index contributed by atoms with van der Waals surface area (Å²) in [7, 11) is 0. The second-order valence-electron chi connectivity index (χ2n) is 12.7. The molecule has 0 bridgehead atoms. The monoisotopic (exact) mass is 633 g/mol. The predicted molar refractivity (Wildman–Crippen MR) is 177 cm³/mol. The van der Waals surface area contributed by atoms with Gasteiger partial charge in [-0.3, -0.25) is 9.48 Å². The number of carboxylic acids is 1. The van der Waals surface area contributed by atoms with E-state index >= 15 is 0 Å². The van der Waals surface area contributed by atoms with Crippen LogP contribution in [0.5, 0.6) is 0 Å². The molecule has 0 atom stereocenters. The molecule has 2 fully saturated rings. The molecule has 0 saturated carbocycles. The van der Waals surface area contributed by atoms with Crippen LogP contribution in [0.15, 0.2) is 42.6 Å². The van der Waals surface area contributed by atoms with Crippen molar-refractivity contribution in [3.63, 3.8) is 0 Å². The number of benzene rings is 1. The smallest absolute Gasteiger partial charge is 0.356 e. The van der Waals surface area contributed by atoms with Crippen LogP contribution in [-0.4, -0.2) is 79.7 Å². The summed E-state index contributed by atoms with van der Waals surface area (Å²) in [6, 6.07) is 11.9. The van der Waals surface area contributed by atoms with E-state index in [9.17, 15) is 9.59 Å². The number of hydrogen-bond acceptors (Lipinski definition) is 8. The molecule has 242 valence electrons. The maximum atomic E-state index is 12.3. The maximum Gasteiger partial charge on any atom is 0.356 e. The highest BCUT2D eigenvalue weighted by Crippen LogP contribution is 2.37. The first-order valence-corrected chi connectivity index (χ1v) is 16.6. The van der Waals surface area contributed by atoms with Crippen molar-refractivity contribution in [1.82, 2.24) is 29.9 Å². The fourth-order valence-corrected chi connectivity index (χ4v) is 7.10. The van der Waals surface area contributed by atoms with Crippen LogP contribution in [-0.2, 0) is 22.5 Å². The van der Waals surface area contributed by atoms with Crippen LogP contribution in [0.25, 0.3) is 22.0 Å². The quantitative estimate of drug-likeness (QED) is 0.295. The van der Waals surface area contributed by atoms with Crippen LogP contribution in [0.3, 0.4) is 0 Å². The van der Waals surface area contributed by atoms with Gasteiger partial charge in [0.25, 0.3) is 0 Å². The number of ether oxygens (including phenoxy) is 1. The van der Waals surface area contributed by atoms with Crippen molar-refractivity contribution in [3.8, 4) is 23.1 Å². The Bertz CT molecular complexity index is 1840. The zero-order valence-corrected chi connectivity index (χ0v) is 26.7. The molecular weight excluding hydrogens is 594 g/mol. The molecule has 0 radical (unpaired) electrons. The van der Waals surface area contributed by atoms with Crippen LogP contribution < -0.4 is 4.90 Å². The molecule has 1 aromatic carbocycles. The summed E-state index contributed by atoms with van der Waals surface area (Å²) in [6.07, 6.45) is 8.53. The highest BCUT2D eigenvalue weighted by atomic mass is 16.5. The van der Waals surface area contributed by atoms with E-state index in [4.69, 9.17) is 19.9 Å². The van der Waals surface area contributed by atoms with Crippen molar-refractivity contribution < 1.29 is 19.4 Å². The van der Waals surface area contributed by atoms with E-state index in [-0.39, 0.29) is 11.6 Å². The van der Waals surface area contributed by atoms with Crippen molar-refractivity contribution in [2.75, 3.05) is 37.7 Å². The fraction of sp³-hybridized carbons (Fsp3) is 0.444. The summed E-state index contributed by atoms with van der Waals surface area (Å²) >= 11 is 0. The molecule has 3 aliphatic rings. The first-order valence-electron chi connectivity index (χ1n) is 16.6. The molecule has 11 heteroatoms. The van der Waals surface area contributed by atoms with Crippen molar-refractivity contribution in [2.45, 2.75) is 64.5 Å². The lowest BCUT2D eigenvalue weighted by Crippen LogP contribution is -2.35. The van der Waals surface area contributed by atoms with Crippen molar-refractivity contribution in [2.24, 2.45) is 5.92 Å². The average Bonchev–Trinajstić information content (AvgIpc) is 3.49. The number of anilines is 1. The summed E-state index contributed by atoms with van der Waals surface area (Å²) in [4.78, 5) is 32.2. The van der Waals surface area contributed by atoms with Gasteiger partial charge in [-0.15, -0.1) is 10.2 Å². The van der Waals surface area contributed by atoms with Gasteiger partial charge in [-0.1, -0.05) is 24.1 Å². The number of rotatable bonds is 6. The first kappa shape index (κ1) is 30.8. The third-order valence-corrected chi connectivity index (χ3v) is 9.79. The number of hydrogen-bond donors (Lipinski definition) is 1. The van der Waals surface area contributed by atoms with Crippen LogP contribution in [0, 0.1) is 17.8 Å². The number of carboxylic acid groups (broad SMARTS) is 1. The van der Waals surface area contributed by atoms with Gasteiger partial charge in [-0.25, -0.2) is 9.78 Å². The number of piperidine rings is 1. The summed E-state index contributed by atoms with van der Waals surface area (Å²) < 4.78 is 7.86. The molecular formula is C36H39N7O4.